The van der Waals surface area contributed by atoms with Crippen molar-refractivity contribution in [2.24, 2.45) is 11.7 Å². The van der Waals surface area contributed by atoms with Gasteiger partial charge in [0.1, 0.15) is 11.0 Å². The molecule has 1 aromatic heterocycles. The van der Waals surface area contributed by atoms with Crippen LogP contribution in [-0.4, -0.2) is 37.1 Å². The Morgan fingerprint density at radius 1 is 1.36 bits per heavy atom. The second-order valence-corrected chi connectivity index (χ2v) is 8.89. The number of nitrogens with zero attached hydrogens (tertiary/aromatic N) is 1. The summed E-state index contributed by atoms with van der Waals surface area (Å²) in [5, 5.41) is 4.83. The second-order valence-electron chi connectivity index (χ2n) is 7.64. The minimum absolute atomic E-state index is 0.310. The van der Waals surface area contributed by atoms with E-state index in [2.05, 4.69) is 53.5 Å². The maximum atomic E-state index is 11.6. The van der Waals surface area contributed by atoms with Gasteiger partial charge < -0.3 is 20.7 Å². The molecule has 3 N–H and O–H groups in total. The van der Waals surface area contributed by atoms with E-state index in [4.69, 9.17) is 10.5 Å². The van der Waals surface area contributed by atoms with E-state index >= 15 is 0 Å². The van der Waals surface area contributed by atoms with Gasteiger partial charge in [-0.25, -0.2) is 0 Å². The lowest BCUT2D eigenvalue weighted by molar-refractivity contribution is -0.142. The van der Waals surface area contributed by atoms with E-state index in [9.17, 15) is 4.79 Å². The Bertz CT molecular complexity index is 897. The summed E-state index contributed by atoms with van der Waals surface area (Å²) in [6.45, 7) is 4.10. The van der Waals surface area contributed by atoms with Crippen LogP contribution in [0.25, 0.3) is 11.8 Å². The predicted molar refractivity (Wildman–Crippen MR) is 116 cm³/mol. The fraction of sp³-hybridized carbons (Fsp3) is 0.409. The van der Waals surface area contributed by atoms with E-state index in [-0.39, 0.29) is 5.97 Å². The SMILES string of the molecule is COC(=O)C(N)CC1CCN(C2=Cc3ccccc3Nc3sc(C)cc32)CC1. The van der Waals surface area contributed by atoms with Gasteiger partial charge in [-0.3, -0.25) is 4.79 Å². The van der Waals surface area contributed by atoms with Crippen molar-refractivity contribution in [1.29, 1.82) is 0 Å². The van der Waals surface area contributed by atoms with E-state index in [1.165, 1.54) is 33.8 Å². The van der Waals surface area contributed by atoms with E-state index in [0.29, 0.717) is 12.3 Å². The number of carbonyl (C=O) groups excluding carboxylic acids is 1. The Kier molecular flexibility index (Phi) is 5.42. The van der Waals surface area contributed by atoms with Gasteiger partial charge in [0.15, 0.2) is 0 Å². The lowest BCUT2D eigenvalue weighted by Crippen LogP contribution is -2.38. The first-order valence-corrected chi connectivity index (χ1v) is 10.6. The molecule has 28 heavy (non-hydrogen) atoms. The monoisotopic (exact) mass is 397 g/mol. The van der Waals surface area contributed by atoms with E-state index in [1.807, 2.05) is 0 Å². The minimum Gasteiger partial charge on any atom is -0.468 e. The third-order valence-electron chi connectivity index (χ3n) is 5.68. The van der Waals surface area contributed by atoms with Gasteiger partial charge in [0, 0.05) is 40.5 Å². The molecule has 0 spiro atoms. The highest BCUT2D eigenvalue weighted by atomic mass is 32.1. The number of fused-ring (bicyclic) bond motifs is 2. The zero-order valence-corrected chi connectivity index (χ0v) is 17.2. The fourth-order valence-electron chi connectivity index (χ4n) is 4.16. The van der Waals surface area contributed by atoms with Crippen molar-refractivity contribution < 1.29 is 9.53 Å². The molecule has 1 fully saturated rings. The molecule has 3 heterocycles. The number of benzene rings is 1. The highest BCUT2D eigenvalue weighted by Crippen LogP contribution is 2.42. The van der Waals surface area contributed by atoms with Crippen LogP contribution >= 0.6 is 11.3 Å². The zero-order valence-electron chi connectivity index (χ0n) is 16.4. The first-order valence-electron chi connectivity index (χ1n) is 9.82. The Labute approximate surface area is 170 Å². The average Bonchev–Trinajstić information content (AvgIpc) is 2.99. The third-order valence-corrected chi connectivity index (χ3v) is 6.64. The Hall–Kier alpha value is -2.31. The Morgan fingerprint density at radius 3 is 2.86 bits per heavy atom. The van der Waals surface area contributed by atoms with Crippen LogP contribution in [0.3, 0.4) is 0 Å². The number of aryl methyl sites for hydroxylation is 1. The lowest BCUT2D eigenvalue weighted by atomic mass is 9.90. The van der Waals surface area contributed by atoms with Crippen molar-refractivity contribution in [3.63, 3.8) is 0 Å². The van der Waals surface area contributed by atoms with Gasteiger partial charge in [-0.2, -0.15) is 0 Å². The van der Waals surface area contributed by atoms with Crippen molar-refractivity contribution in [3.05, 3.63) is 46.3 Å². The van der Waals surface area contributed by atoms with Crippen molar-refractivity contribution in [1.82, 2.24) is 4.90 Å². The molecule has 1 unspecified atom stereocenters. The minimum atomic E-state index is -0.513. The maximum Gasteiger partial charge on any atom is 0.322 e. The number of para-hydroxylation sites is 1. The van der Waals surface area contributed by atoms with Crippen LogP contribution in [0.2, 0.25) is 0 Å². The average molecular weight is 398 g/mol. The summed E-state index contributed by atoms with van der Waals surface area (Å²) in [5.74, 6) is 0.154. The topological polar surface area (TPSA) is 67.6 Å². The number of ether oxygens (including phenoxy) is 1. The molecular formula is C22H27N3O2S. The number of anilines is 2. The molecule has 4 rings (SSSR count). The summed E-state index contributed by atoms with van der Waals surface area (Å²) in [6, 6.07) is 10.2. The number of hydrogen-bond acceptors (Lipinski definition) is 6. The molecule has 148 valence electrons. The fourth-order valence-corrected chi connectivity index (χ4v) is 5.09. The molecular weight excluding hydrogens is 370 g/mol. The third kappa shape index (κ3) is 3.80. The highest BCUT2D eigenvalue weighted by molar-refractivity contribution is 7.16. The molecule has 0 amide bonds. The van der Waals surface area contributed by atoms with E-state index < -0.39 is 6.04 Å². The summed E-state index contributed by atoms with van der Waals surface area (Å²) in [4.78, 5) is 15.4. The van der Waals surface area contributed by atoms with Crippen LogP contribution in [0, 0.1) is 12.8 Å². The summed E-state index contributed by atoms with van der Waals surface area (Å²) < 4.78 is 4.77. The van der Waals surface area contributed by atoms with Gasteiger partial charge in [-0.1, -0.05) is 18.2 Å². The van der Waals surface area contributed by atoms with E-state index in [0.717, 1.165) is 31.6 Å². The first-order chi connectivity index (χ1) is 13.5. The van der Waals surface area contributed by atoms with Crippen molar-refractivity contribution in [2.75, 3.05) is 25.5 Å². The number of methoxy groups -OCH3 is 1. The van der Waals surface area contributed by atoms with Crippen LogP contribution in [0.15, 0.2) is 30.3 Å². The number of piperidine rings is 1. The summed E-state index contributed by atoms with van der Waals surface area (Å²) >= 11 is 1.80. The zero-order chi connectivity index (χ0) is 19.7. The first kappa shape index (κ1) is 19.0. The second kappa shape index (κ2) is 7.97. The largest absolute Gasteiger partial charge is 0.468 e. The molecule has 2 aliphatic rings. The number of esters is 1. The van der Waals surface area contributed by atoms with Gasteiger partial charge >= 0.3 is 5.97 Å². The number of nitrogens with one attached hydrogen (secondary N) is 1. The molecule has 1 saturated heterocycles. The van der Waals surface area contributed by atoms with Crippen LogP contribution < -0.4 is 11.1 Å². The van der Waals surface area contributed by atoms with Crippen molar-refractivity contribution >= 4 is 39.8 Å². The lowest BCUT2D eigenvalue weighted by Gasteiger charge is -2.35. The summed E-state index contributed by atoms with van der Waals surface area (Å²) in [5.41, 5.74) is 10.9. The molecule has 5 nitrogen and oxygen atoms in total. The molecule has 0 bridgehead atoms. The van der Waals surface area contributed by atoms with Crippen LogP contribution in [0.1, 0.15) is 35.3 Å². The van der Waals surface area contributed by atoms with Crippen molar-refractivity contribution in [2.45, 2.75) is 32.2 Å². The number of carbonyl (C=O) groups is 1. The highest BCUT2D eigenvalue weighted by Gasteiger charge is 2.28. The quantitative estimate of drug-likeness (QED) is 0.757. The Balaban J connectivity index is 1.54. The summed E-state index contributed by atoms with van der Waals surface area (Å²) in [7, 11) is 1.40. The Morgan fingerprint density at radius 2 is 2.11 bits per heavy atom. The molecule has 1 atom stereocenters. The predicted octanol–water partition coefficient (Wildman–Crippen LogP) is 4.21. The van der Waals surface area contributed by atoms with E-state index in [1.54, 1.807) is 11.3 Å². The molecule has 2 aromatic rings. The smallest absolute Gasteiger partial charge is 0.322 e. The van der Waals surface area contributed by atoms with Gasteiger partial charge in [-0.15, -0.1) is 11.3 Å². The number of thiophene rings is 1. The van der Waals surface area contributed by atoms with Gasteiger partial charge in [-0.05, 0) is 50.3 Å². The number of nitrogens with two attached hydrogens (primary N) is 1. The molecule has 2 aliphatic heterocycles. The molecule has 6 heteroatoms. The van der Waals surface area contributed by atoms with Crippen LogP contribution in [-0.2, 0) is 9.53 Å². The number of likely N-dealkylation sites (tertiary alicyclic amines) is 1. The standard InChI is InChI=1S/C22H27N3O2S/c1-14-11-17-20(13-16-5-3-4-6-19(16)24-21(17)28-14)25-9-7-15(8-10-25)12-18(23)22(26)27-2/h3-6,11,13,15,18,24H,7-10,12,23H2,1-2H3. The molecule has 1 aromatic carbocycles. The van der Waals surface area contributed by atoms with Crippen LogP contribution in [0.5, 0.6) is 0 Å². The van der Waals surface area contributed by atoms with Gasteiger partial charge in [0.2, 0.25) is 0 Å². The summed E-state index contributed by atoms with van der Waals surface area (Å²) in [6.07, 6.45) is 5.08. The number of hydrogen-bond donors (Lipinski definition) is 2. The normalized spacial score (nSPS) is 17.7. The number of rotatable bonds is 4. The van der Waals surface area contributed by atoms with Gasteiger partial charge in [0.05, 0.1) is 7.11 Å². The maximum absolute atomic E-state index is 11.6. The van der Waals surface area contributed by atoms with Crippen molar-refractivity contribution in [3.8, 4) is 0 Å². The molecule has 0 radical (unpaired) electrons. The molecule has 0 aliphatic carbocycles. The van der Waals surface area contributed by atoms with Gasteiger partial charge in [0.25, 0.3) is 0 Å². The van der Waals surface area contributed by atoms with Crippen LogP contribution in [0.4, 0.5) is 10.7 Å². The molecule has 0 saturated carbocycles.